The lowest BCUT2D eigenvalue weighted by Crippen LogP contribution is -2.38. The Morgan fingerprint density at radius 2 is 2.19 bits per heavy atom. The smallest absolute Gasteiger partial charge is 0.129 e. The van der Waals surface area contributed by atoms with Crippen LogP contribution in [0.2, 0.25) is 0 Å². The first-order valence-electron chi connectivity index (χ1n) is 7.37. The first kappa shape index (κ1) is 14.2. The molecule has 0 aliphatic carbocycles. The standard InChI is InChI=1S/C17H21NO3/c1-13-9-14-5-2-3-7-17(14)18(13)10-15(19)11-20-12-16-6-4-8-21-16/h2-8,13,15,19H,9-12H2,1H3/t13-,15+/m1/s1. The summed E-state index contributed by atoms with van der Waals surface area (Å²) >= 11 is 0. The number of aliphatic hydroxyl groups is 1. The van der Waals surface area contributed by atoms with Crippen LogP contribution in [0.25, 0.3) is 0 Å². The van der Waals surface area contributed by atoms with Gasteiger partial charge in [-0.3, -0.25) is 0 Å². The van der Waals surface area contributed by atoms with Crippen LogP contribution < -0.4 is 4.90 Å². The minimum absolute atomic E-state index is 0.312. The fourth-order valence-electron chi connectivity index (χ4n) is 2.88. The van der Waals surface area contributed by atoms with E-state index in [-0.39, 0.29) is 0 Å². The highest BCUT2D eigenvalue weighted by Crippen LogP contribution is 2.31. The second-order valence-electron chi connectivity index (χ2n) is 5.58. The molecule has 0 saturated carbocycles. The Hall–Kier alpha value is -1.78. The van der Waals surface area contributed by atoms with Gasteiger partial charge in [-0.2, -0.15) is 0 Å². The van der Waals surface area contributed by atoms with Gasteiger partial charge in [0.1, 0.15) is 12.4 Å². The second kappa shape index (κ2) is 6.33. The molecule has 112 valence electrons. The molecule has 0 spiro atoms. The molecule has 0 radical (unpaired) electrons. The highest BCUT2D eigenvalue weighted by molar-refractivity contribution is 5.59. The quantitative estimate of drug-likeness (QED) is 0.887. The average molecular weight is 287 g/mol. The molecular formula is C17H21NO3. The number of fused-ring (bicyclic) bond motifs is 1. The molecule has 1 aliphatic rings. The van der Waals surface area contributed by atoms with Crippen LogP contribution in [0.3, 0.4) is 0 Å². The summed E-state index contributed by atoms with van der Waals surface area (Å²) in [4.78, 5) is 2.26. The summed E-state index contributed by atoms with van der Waals surface area (Å²) in [5.74, 6) is 0.780. The van der Waals surface area contributed by atoms with Crippen LogP contribution in [-0.4, -0.2) is 30.4 Å². The molecule has 0 bridgehead atoms. The SMILES string of the molecule is C[C@@H]1Cc2ccccc2N1C[C@H](O)COCc1ccco1. The third-order valence-electron chi connectivity index (χ3n) is 3.89. The van der Waals surface area contributed by atoms with Crippen LogP contribution in [-0.2, 0) is 17.8 Å². The maximum absolute atomic E-state index is 10.2. The van der Waals surface area contributed by atoms with Gasteiger partial charge in [-0.15, -0.1) is 0 Å². The predicted octanol–water partition coefficient (Wildman–Crippen LogP) is 2.61. The zero-order valence-electron chi connectivity index (χ0n) is 12.2. The summed E-state index contributed by atoms with van der Waals surface area (Å²) in [6.45, 7) is 3.50. The molecule has 2 heterocycles. The molecular weight excluding hydrogens is 266 g/mol. The van der Waals surface area contributed by atoms with Gasteiger partial charge < -0.3 is 19.2 Å². The van der Waals surface area contributed by atoms with Crippen molar-refractivity contribution in [1.82, 2.24) is 0 Å². The summed E-state index contributed by atoms with van der Waals surface area (Å²) in [6.07, 6.45) is 2.15. The minimum atomic E-state index is -0.506. The first-order chi connectivity index (χ1) is 10.2. The van der Waals surface area contributed by atoms with Crippen molar-refractivity contribution in [1.29, 1.82) is 0 Å². The van der Waals surface area contributed by atoms with E-state index in [9.17, 15) is 5.11 Å². The van der Waals surface area contributed by atoms with Crippen molar-refractivity contribution >= 4 is 5.69 Å². The summed E-state index contributed by atoms with van der Waals surface area (Å²) in [5, 5.41) is 10.2. The molecule has 2 atom stereocenters. The Bertz CT molecular complexity index is 567. The zero-order valence-corrected chi connectivity index (χ0v) is 12.2. The zero-order chi connectivity index (χ0) is 14.7. The molecule has 0 fully saturated rings. The molecule has 1 aromatic carbocycles. The molecule has 4 heteroatoms. The number of anilines is 1. The molecule has 1 N–H and O–H groups in total. The van der Waals surface area contributed by atoms with Crippen molar-refractivity contribution in [3.8, 4) is 0 Å². The molecule has 3 rings (SSSR count). The summed E-state index contributed by atoms with van der Waals surface area (Å²) in [6, 6.07) is 12.5. The average Bonchev–Trinajstić information content (AvgIpc) is 3.08. The number of aliphatic hydroxyl groups excluding tert-OH is 1. The van der Waals surface area contributed by atoms with Crippen LogP contribution in [0.4, 0.5) is 5.69 Å². The van der Waals surface area contributed by atoms with Crippen LogP contribution in [0.15, 0.2) is 47.1 Å². The van der Waals surface area contributed by atoms with Crippen molar-refractivity contribution in [2.24, 2.45) is 0 Å². The summed E-state index contributed by atoms with van der Waals surface area (Å²) < 4.78 is 10.7. The van der Waals surface area contributed by atoms with Crippen molar-refractivity contribution in [2.45, 2.75) is 32.1 Å². The lowest BCUT2D eigenvalue weighted by Gasteiger charge is -2.27. The molecule has 0 amide bonds. The van der Waals surface area contributed by atoms with E-state index in [1.807, 2.05) is 18.2 Å². The number of hydrogen-bond acceptors (Lipinski definition) is 4. The van der Waals surface area contributed by atoms with E-state index >= 15 is 0 Å². The summed E-state index contributed by atoms with van der Waals surface area (Å²) in [7, 11) is 0. The topological polar surface area (TPSA) is 45.8 Å². The molecule has 4 nitrogen and oxygen atoms in total. The minimum Gasteiger partial charge on any atom is -0.467 e. The molecule has 2 aromatic rings. The number of furan rings is 1. The number of rotatable bonds is 6. The van der Waals surface area contributed by atoms with Crippen molar-refractivity contribution < 1.29 is 14.3 Å². The van der Waals surface area contributed by atoms with Gasteiger partial charge in [0.05, 0.1) is 19.0 Å². The van der Waals surface area contributed by atoms with Gasteiger partial charge in [-0.25, -0.2) is 0 Å². The fraction of sp³-hybridized carbons (Fsp3) is 0.412. The van der Waals surface area contributed by atoms with Gasteiger partial charge >= 0.3 is 0 Å². The van der Waals surface area contributed by atoms with E-state index < -0.39 is 6.10 Å². The Balaban J connectivity index is 1.51. The number of ether oxygens (including phenoxy) is 1. The Morgan fingerprint density at radius 1 is 1.33 bits per heavy atom. The van der Waals surface area contributed by atoms with Gasteiger partial charge in [0.25, 0.3) is 0 Å². The molecule has 21 heavy (non-hydrogen) atoms. The Morgan fingerprint density at radius 3 is 3.00 bits per heavy atom. The van der Waals surface area contributed by atoms with Crippen LogP contribution in [0.5, 0.6) is 0 Å². The normalized spacial score (nSPS) is 18.8. The van der Waals surface area contributed by atoms with Gasteiger partial charge in [0.2, 0.25) is 0 Å². The van der Waals surface area contributed by atoms with Gasteiger partial charge in [0.15, 0.2) is 0 Å². The number of benzene rings is 1. The number of nitrogens with zero attached hydrogens (tertiary/aromatic N) is 1. The first-order valence-corrected chi connectivity index (χ1v) is 7.37. The van der Waals surface area contributed by atoms with Crippen molar-refractivity contribution in [3.63, 3.8) is 0 Å². The lowest BCUT2D eigenvalue weighted by molar-refractivity contribution is 0.0251. The van der Waals surface area contributed by atoms with Crippen LogP contribution >= 0.6 is 0 Å². The largest absolute Gasteiger partial charge is 0.467 e. The van der Waals surface area contributed by atoms with E-state index in [0.29, 0.717) is 25.8 Å². The Labute approximate surface area is 124 Å². The highest BCUT2D eigenvalue weighted by Gasteiger charge is 2.26. The van der Waals surface area contributed by atoms with E-state index in [1.165, 1.54) is 11.3 Å². The number of para-hydroxylation sites is 1. The van der Waals surface area contributed by atoms with E-state index in [2.05, 4.69) is 30.0 Å². The molecule has 0 unspecified atom stereocenters. The van der Waals surface area contributed by atoms with Crippen molar-refractivity contribution in [2.75, 3.05) is 18.1 Å². The third kappa shape index (κ3) is 3.28. The predicted molar refractivity (Wildman–Crippen MR) is 81.3 cm³/mol. The number of β-amino-alcohol motifs (C(OH)–C–C–N with tert-alkyl or cyclic N) is 1. The van der Waals surface area contributed by atoms with Crippen molar-refractivity contribution in [3.05, 3.63) is 54.0 Å². The van der Waals surface area contributed by atoms with E-state index in [1.54, 1.807) is 6.26 Å². The summed E-state index contributed by atoms with van der Waals surface area (Å²) in [5.41, 5.74) is 2.59. The molecule has 1 aromatic heterocycles. The number of hydrogen-bond donors (Lipinski definition) is 1. The maximum Gasteiger partial charge on any atom is 0.129 e. The maximum atomic E-state index is 10.2. The molecule has 1 aliphatic heterocycles. The fourth-order valence-corrected chi connectivity index (χ4v) is 2.88. The molecule has 0 saturated heterocycles. The monoisotopic (exact) mass is 287 g/mol. The van der Waals surface area contributed by atoms with Crippen LogP contribution in [0, 0.1) is 0 Å². The van der Waals surface area contributed by atoms with E-state index in [4.69, 9.17) is 9.15 Å². The third-order valence-corrected chi connectivity index (χ3v) is 3.89. The highest BCUT2D eigenvalue weighted by atomic mass is 16.5. The second-order valence-corrected chi connectivity index (χ2v) is 5.58. The Kier molecular flexibility index (Phi) is 4.27. The van der Waals surface area contributed by atoms with Gasteiger partial charge in [-0.1, -0.05) is 18.2 Å². The van der Waals surface area contributed by atoms with Gasteiger partial charge in [-0.05, 0) is 37.1 Å². The lowest BCUT2D eigenvalue weighted by atomic mass is 10.1. The van der Waals surface area contributed by atoms with E-state index in [0.717, 1.165) is 12.2 Å². The van der Waals surface area contributed by atoms with Gasteiger partial charge in [0, 0.05) is 18.3 Å². The van der Waals surface area contributed by atoms with Crippen LogP contribution in [0.1, 0.15) is 18.2 Å².